The molecular formula is C27H26Si. The van der Waals surface area contributed by atoms with Crippen LogP contribution < -0.4 is 5.19 Å². The van der Waals surface area contributed by atoms with Crippen molar-refractivity contribution in [2.24, 2.45) is 0 Å². The molecular weight excluding hydrogens is 352 g/mol. The highest BCUT2D eigenvalue weighted by atomic mass is 28.3. The second-order valence-corrected chi connectivity index (χ2v) is 10.7. The number of allylic oxidation sites excluding steroid dienone is 4. The highest BCUT2D eigenvalue weighted by Crippen LogP contribution is 2.10. The molecule has 0 aliphatic carbocycles. The SMILES string of the molecule is C[Si](C=CC=Cc1ccccc1)(C=CC=Cc1ccccc1)c1ccccc1. The molecule has 0 unspecified atom stereocenters. The molecule has 138 valence electrons. The molecule has 0 spiro atoms. The lowest BCUT2D eigenvalue weighted by Crippen LogP contribution is -2.41. The Labute approximate surface area is 169 Å². The Kier molecular flexibility index (Phi) is 7.17. The van der Waals surface area contributed by atoms with E-state index in [0.717, 1.165) is 0 Å². The molecule has 0 saturated heterocycles. The van der Waals surface area contributed by atoms with Crippen molar-refractivity contribution in [3.8, 4) is 0 Å². The summed E-state index contributed by atoms with van der Waals surface area (Å²) in [6.45, 7) is 2.38. The monoisotopic (exact) mass is 378 g/mol. The normalized spacial score (nSPS) is 14.3. The van der Waals surface area contributed by atoms with E-state index < -0.39 is 8.07 Å². The zero-order valence-electron chi connectivity index (χ0n) is 16.3. The Hall–Kier alpha value is -3.16. The molecule has 0 bridgehead atoms. The second kappa shape index (κ2) is 10.2. The summed E-state index contributed by atoms with van der Waals surface area (Å²) in [5.41, 5.74) is 7.21. The molecule has 0 radical (unpaired) electrons. The molecule has 0 aromatic heterocycles. The second-order valence-electron chi connectivity index (χ2n) is 6.91. The van der Waals surface area contributed by atoms with E-state index >= 15 is 0 Å². The van der Waals surface area contributed by atoms with Gasteiger partial charge in [0.2, 0.25) is 0 Å². The van der Waals surface area contributed by atoms with Gasteiger partial charge in [0.05, 0.1) is 0 Å². The summed E-state index contributed by atoms with van der Waals surface area (Å²) in [6, 6.07) is 31.6. The van der Waals surface area contributed by atoms with Crippen LogP contribution in [0.5, 0.6) is 0 Å². The van der Waals surface area contributed by atoms with E-state index in [2.05, 4.69) is 133 Å². The fraction of sp³-hybridized carbons (Fsp3) is 0.0370. The minimum Gasteiger partial charge on any atom is -0.0865 e. The molecule has 0 aliphatic rings. The van der Waals surface area contributed by atoms with E-state index in [4.69, 9.17) is 0 Å². The minimum atomic E-state index is -1.87. The van der Waals surface area contributed by atoms with Crippen molar-refractivity contribution in [2.75, 3.05) is 0 Å². The summed E-state index contributed by atoms with van der Waals surface area (Å²) in [5, 5.41) is 1.41. The topological polar surface area (TPSA) is 0 Å². The van der Waals surface area contributed by atoms with Gasteiger partial charge in [-0.25, -0.2) is 0 Å². The standard InChI is InChI=1S/C27H26Si/c1-28(27-21-9-4-10-22-27,23-13-11-19-25-15-5-2-6-16-25)24-14-12-20-26-17-7-3-8-18-26/h2-24H,1H3. The van der Waals surface area contributed by atoms with Crippen LogP contribution >= 0.6 is 0 Å². The van der Waals surface area contributed by atoms with Crippen LogP contribution in [0.25, 0.3) is 12.2 Å². The van der Waals surface area contributed by atoms with E-state index in [0.29, 0.717) is 0 Å². The lowest BCUT2D eigenvalue weighted by Gasteiger charge is -2.19. The molecule has 3 aromatic rings. The molecule has 1 heteroatoms. The molecule has 28 heavy (non-hydrogen) atoms. The summed E-state index contributed by atoms with van der Waals surface area (Å²) < 4.78 is 0. The Morgan fingerprint density at radius 2 is 0.893 bits per heavy atom. The first kappa shape index (κ1) is 19.6. The molecule has 0 saturated carbocycles. The first-order chi connectivity index (χ1) is 13.8. The fourth-order valence-electron chi connectivity index (χ4n) is 3.02. The molecule has 3 aromatic carbocycles. The van der Waals surface area contributed by atoms with Crippen LogP contribution in [0.3, 0.4) is 0 Å². The van der Waals surface area contributed by atoms with Gasteiger partial charge in [0, 0.05) is 0 Å². The molecule has 3 rings (SSSR count). The molecule has 0 fully saturated rings. The molecule has 0 aliphatic heterocycles. The van der Waals surface area contributed by atoms with Gasteiger partial charge in [-0.15, -0.1) is 0 Å². The summed E-state index contributed by atoms with van der Waals surface area (Å²) in [6.07, 6.45) is 13.0. The van der Waals surface area contributed by atoms with Gasteiger partial charge in [-0.2, -0.15) is 0 Å². The van der Waals surface area contributed by atoms with Gasteiger partial charge in [0.25, 0.3) is 0 Å². The van der Waals surface area contributed by atoms with Crippen LogP contribution in [0.1, 0.15) is 11.1 Å². The lowest BCUT2D eigenvalue weighted by molar-refractivity contribution is 1.66. The van der Waals surface area contributed by atoms with Crippen molar-refractivity contribution < 1.29 is 0 Å². The summed E-state index contributed by atoms with van der Waals surface area (Å²) in [7, 11) is -1.87. The fourth-order valence-corrected chi connectivity index (χ4v) is 5.45. The largest absolute Gasteiger partial charge is 0.130 e. The molecule has 0 heterocycles. The van der Waals surface area contributed by atoms with Crippen molar-refractivity contribution in [2.45, 2.75) is 6.55 Å². The van der Waals surface area contributed by atoms with Crippen LogP contribution in [0.2, 0.25) is 6.55 Å². The minimum absolute atomic E-state index is 1.22. The maximum Gasteiger partial charge on any atom is 0.130 e. The molecule has 0 atom stereocenters. The van der Waals surface area contributed by atoms with E-state index in [1.165, 1.54) is 16.3 Å². The number of benzene rings is 3. The summed E-state index contributed by atoms with van der Waals surface area (Å²) >= 11 is 0. The lowest BCUT2D eigenvalue weighted by atomic mass is 10.2. The predicted molar refractivity (Wildman–Crippen MR) is 127 cm³/mol. The molecule has 0 amide bonds. The van der Waals surface area contributed by atoms with Crippen LogP contribution in [0.4, 0.5) is 0 Å². The average Bonchev–Trinajstić information content (AvgIpc) is 2.76. The third-order valence-corrected chi connectivity index (χ3v) is 8.03. The average molecular weight is 379 g/mol. The third-order valence-electron chi connectivity index (χ3n) is 4.68. The first-order valence-electron chi connectivity index (χ1n) is 9.64. The Morgan fingerprint density at radius 1 is 0.500 bits per heavy atom. The number of hydrogen-bond donors (Lipinski definition) is 0. The van der Waals surface area contributed by atoms with Gasteiger partial charge >= 0.3 is 0 Å². The quantitative estimate of drug-likeness (QED) is 0.321. The Balaban J connectivity index is 1.78. The van der Waals surface area contributed by atoms with Crippen LogP contribution in [-0.2, 0) is 0 Å². The van der Waals surface area contributed by atoms with Crippen LogP contribution in [0.15, 0.2) is 127 Å². The van der Waals surface area contributed by atoms with E-state index in [1.54, 1.807) is 0 Å². The van der Waals surface area contributed by atoms with Crippen molar-refractivity contribution in [3.63, 3.8) is 0 Å². The third kappa shape index (κ3) is 5.93. The van der Waals surface area contributed by atoms with Crippen LogP contribution in [-0.4, -0.2) is 8.07 Å². The molecule has 0 N–H and O–H groups in total. The zero-order chi connectivity index (χ0) is 19.5. The van der Waals surface area contributed by atoms with E-state index in [-0.39, 0.29) is 0 Å². The summed E-state index contributed by atoms with van der Waals surface area (Å²) in [4.78, 5) is 0. The van der Waals surface area contributed by atoms with Gasteiger partial charge in [0.1, 0.15) is 8.07 Å². The van der Waals surface area contributed by atoms with Crippen LogP contribution in [0, 0.1) is 0 Å². The van der Waals surface area contributed by atoms with Gasteiger partial charge in [-0.3, -0.25) is 0 Å². The highest BCUT2D eigenvalue weighted by Gasteiger charge is 2.22. The number of rotatable bonds is 7. The van der Waals surface area contributed by atoms with Crippen molar-refractivity contribution in [3.05, 3.63) is 138 Å². The highest BCUT2D eigenvalue weighted by molar-refractivity contribution is 6.98. The zero-order valence-corrected chi connectivity index (χ0v) is 17.3. The van der Waals surface area contributed by atoms with Gasteiger partial charge in [-0.05, 0) is 11.1 Å². The predicted octanol–water partition coefficient (Wildman–Crippen LogP) is 6.59. The Morgan fingerprint density at radius 3 is 1.32 bits per heavy atom. The number of hydrogen-bond acceptors (Lipinski definition) is 0. The van der Waals surface area contributed by atoms with Gasteiger partial charge < -0.3 is 0 Å². The van der Waals surface area contributed by atoms with E-state index in [9.17, 15) is 0 Å². The van der Waals surface area contributed by atoms with Crippen molar-refractivity contribution in [1.82, 2.24) is 0 Å². The van der Waals surface area contributed by atoms with Gasteiger partial charge in [-0.1, -0.05) is 151 Å². The first-order valence-corrected chi connectivity index (χ1v) is 12.3. The Bertz CT molecular complexity index is 889. The smallest absolute Gasteiger partial charge is 0.0865 e. The maximum absolute atomic E-state index is 2.38. The van der Waals surface area contributed by atoms with Gasteiger partial charge in [0.15, 0.2) is 0 Å². The summed E-state index contributed by atoms with van der Waals surface area (Å²) in [5.74, 6) is 0. The maximum atomic E-state index is 2.38. The molecule has 0 nitrogen and oxygen atoms in total. The van der Waals surface area contributed by atoms with E-state index in [1.807, 2.05) is 12.1 Å². The van der Waals surface area contributed by atoms with Crippen molar-refractivity contribution in [1.29, 1.82) is 0 Å². The van der Waals surface area contributed by atoms with Crippen molar-refractivity contribution >= 4 is 25.4 Å².